The lowest BCUT2D eigenvalue weighted by Gasteiger charge is -2.14. The van der Waals surface area contributed by atoms with Crippen molar-refractivity contribution < 1.29 is 14.6 Å². The Kier molecular flexibility index (Phi) is 4.15. The molecule has 0 heterocycles. The van der Waals surface area contributed by atoms with Gasteiger partial charge in [-0.15, -0.1) is 0 Å². The van der Waals surface area contributed by atoms with Crippen LogP contribution in [0.15, 0.2) is 22.7 Å². The maximum absolute atomic E-state index is 10.9. The molecule has 3 nitrogen and oxygen atoms in total. The number of hydrogen-bond donors (Lipinski definition) is 1. The van der Waals surface area contributed by atoms with Crippen LogP contribution in [0.1, 0.15) is 25.3 Å². The van der Waals surface area contributed by atoms with E-state index in [1.807, 2.05) is 19.1 Å². The van der Waals surface area contributed by atoms with Gasteiger partial charge >= 0.3 is 5.97 Å². The minimum Gasteiger partial charge on any atom is -0.494 e. The standard InChI is InChI=1S/C11H13BrO3/c1-3-15-9-6-4-5-8(12)10(9)7(2)11(13)14/h4-7H,3H2,1-2H3,(H,13,14). The summed E-state index contributed by atoms with van der Waals surface area (Å²) < 4.78 is 6.16. The van der Waals surface area contributed by atoms with Crippen molar-refractivity contribution >= 4 is 21.9 Å². The van der Waals surface area contributed by atoms with Gasteiger partial charge in [0.1, 0.15) is 5.75 Å². The Bertz CT molecular complexity index is 363. The van der Waals surface area contributed by atoms with Crippen LogP contribution >= 0.6 is 15.9 Å². The molecule has 0 saturated carbocycles. The summed E-state index contributed by atoms with van der Waals surface area (Å²) in [4.78, 5) is 10.9. The summed E-state index contributed by atoms with van der Waals surface area (Å²) in [5, 5.41) is 8.98. The van der Waals surface area contributed by atoms with E-state index in [4.69, 9.17) is 9.84 Å². The number of aliphatic carboxylic acids is 1. The average Bonchev–Trinajstić information content (AvgIpc) is 2.17. The van der Waals surface area contributed by atoms with E-state index in [-0.39, 0.29) is 0 Å². The molecule has 1 atom stereocenters. The first kappa shape index (κ1) is 12.0. The van der Waals surface area contributed by atoms with Crippen LogP contribution in [0.25, 0.3) is 0 Å². The first-order valence-electron chi connectivity index (χ1n) is 4.72. The smallest absolute Gasteiger partial charge is 0.310 e. The molecule has 0 fully saturated rings. The van der Waals surface area contributed by atoms with Crippen molar-refractivity contribution in [2.45, 2.75) is 19.8 Å². The molecule has 0 aliphatic carbocycles. The van der Waals surface area contributed by atoms with Crippen LogP contribution in [0.3, 0.4) is 0 Å². The number of rotatable bonds is 4. The topological polar surface area (TPSA) is 46.5 Å². The van der Waals surface area contributed by atoms with Crippen LogP contribution in [-0.2, 0) is 4.79 Å². The Balaban J connectivity index is 3.17. The van der Waals surface area contributed by atoms with Gasteiger partial charge < -0.3 is 9.84 Å². The molecule has 0 saturated heterocycles. The van der Waals surface area contributed by atoms with Crippen molar-refractivity contribution in [3.8, 4) is 5.75 Å². The van der Waals surface area contributed by atoms with Crippen molar-refractivity contribution in [1.29, 1.82) is 0 Å². The van der Waals surface area contributed by atoms with Gasteiger partial charge in [0.15, 0.2) is 0 Å². The van der Waals surface area contributed by atoms with Gasteiger partial charge in [-0.3, -0.25) is 4.79 Å². The lowest BCUT2D eigenvalue weighted by Crippen LogP contribution is -2.10. The molecule has 0 aromatic heterocycles. The molecule has 1 unspecified atom stereocenters. The van der Waals surface area contributed by atoms with Crippen LogP contribution in [0.5, 0.6) is 5.75 Å². The highest BCUT2D eigenvalue weighted by atomic mass is 79.9. The van der Waals surface area contributed by atoms with Crippen molar-refractivity contribution in [2.75, 3.05) is 6.61 Å². The predicted octanol–water partition coefficient (Wildman–Crippen LogP) is 3.04. The Morgan fingerprint density at radius 1 is 1.60 bits per heavy atom. The first-order chi connectivity index (χ1) is 7.07. The van der Waals surface area contributed by atoms with Crippen LogP contribution in [-0.4, -0.2) is 17.7 Å². The quantitative estimate of drug-likeness (QED) is 0.917. The predicted molar refractivity (Wildman–Crippen MR) is 61.4 cm³/mol. The SMILES string of the molecule is CCOc1cccc(Br)c1C(C)C(=O)O. The number of ether oxygens (including phenoxy) is 1. The van der Waals surface area contributed by atoms with E-state index in [2.05, 4.69) is 15.9 Å². The van der Waals surface area contributed by atoms with Gasteiger partial charge in [-0.2, -0.15) is 0 Å². The zero-order chi connectivity index (χ0) is 11.4. The molecule has 1 aromatic carbocycles. The summed E-state index contributed by atoms with van der Waals surface area (Å²) in [6.45, 7) is 4.04. The normalized spacial score (nSPS) is 12.2. The van der Waals surface area contributed by atoms with E-state index in [0.717, 1.165) is 4.47 Å². The summed E-state index contributed by atoms with van der Waals surface area (Å²) in [5.41, 5.74) is 0.687. The van der Waals surface area contributed by atoms with Crippen molar-refractivity contribution in [1.82, 2.24) is 0 Å². The molecule has 0 radical (unpaired) electrons. The number of benzene rings is 1. The van der Waals surface area contributed by atoms with Crippen molar-refractivity contribution in [3.63, 3.8) is 0 Å². The maximum atomic E-state index is 10.9. The van der Waals surface area contributed by atoms with Gasteiger partial charge in [-0.1, -0.05) is 22.0 Å². The molecule has 82 valence electrons. The van der Waals surface area contributed by atoms with Gasteiger partial charge in [-0.05, 0) is 26.0 Å². The van der Waals surface area contributed by atoms with E-state index >= 15 is 0 Å². The number of halogens is 1. The first-order valence-corrected chi connectivity index (χ1v) is 5.51. The molecule has 0 spiro atoms. The summed E-state index contributed by atoms with van der Waals surface area (Å²) in [7, 11) is 0. The molecular weight excluding hydrogens is 260 g/mol. The number of carboxylic acids is 1. The summed E-state index contributed by atoms with van der Waals surface area (Å²) in [6.07, 6.45) is 0. The summed E-state index contributed by atoms with van der Waals surface area (Å²) in [6, 6.07) is 5.42. The fraction of sp³-hybridized carbons (Fsp3) is 0.364. The Morgan fingerprint density at radius 2 is 2.27 bits per heavy atom. The highest BCUT2D eigenvalue weighted by molar-refractivity contribution is 9.10. The zero-order valence-corrected chi connectivity index (χ0v) is 10.2. The molecule has 1 N–H and O–H groups in total. The van der Waals surface area contributed by atoms with E-state index in [1.54, 1.807) is 13.0 Å². The Labute approximate surface area is 97.2 Å². The zero-order valence-electron chi connectivity index (χ0n) is 8.66. The Morgan fingerprint density at radius 3 is 2.80 bits per heavy atom. The fourth-order valence-corrected chi connectivity index (χ4v) is 2.03. The van der Waals surface area contributed by atoms with Crippen molar-refractivity contribution in [3.05, 3.63) is 28.2 Å². The molecule has 0 bridgehead atoms. The van der Waals surface area contributed by atoms with Crippen molar-refractivity contribution in [2.24, 2.45) is 0 Å². The Hall–Kier alpha value is -1.03. The van der Waals surface area contributed by atoms with Crippen LogP contribution in [0.2, 0.25) is 0 Å². The van der Waals surface area contributed by atoms with Crippen LogP contribution < -0.4 is 4.74 Å². The van der Waals surface area contributed by atoms with Gasteiger partial charge in [0.2, 0.25) is 0 Å². The summed E-state index contributed by atoms with van der Waals surface area (Å²) in [5.74, 6) is -0.813. The number of carboxylic acid groups (broad SMARTS) is 1. The third-order valence-electron chi connectivity index (χ3n) is 2.12. The molecule has 1 rings (SSSR count). The molecule has 0 aliphatic rings. The number of carbonyl (C=O) groups is 1. The second-order valence-corrected chi connectivity index (χ2v) is 4.00. The van der Waals surface area contributed by atoms with Gasteiger partial charge in [0.25, 0.3) is 0 Å². The molecule has 15 heavy (non-hydrogen) atoms. The molecule has 0 amide bonds. The second-order valence-electron chi connectivity index (χ2n) is 3.14. The van der Waals surface area contributed by atoms with E-state index < -0.39 is 11.9 Å². The van der Waals surface area contributed by atoms with E-state index in [1.165, 1.54) is 0 Å². The molecule has 0 aliphatic heterocycles. The largest absolute Gasteiger partial charge is 0.494 e. The summed E-state index contributed by atoms with van der Waals surface area (Å²) >= 11 is 3.34. The van der Waals surface area contributed by atoms with E-state index in [0.29, 0.717) is 17.9 Å². The highest BCUT2D eigenvalue weighted by Gasteiger charge is 2.20. The van der Waals surface area contributed by atoms with Crippen LogP contribution in [0, 0.1) is 0 Å². The maximum Gasteiger partial charge on any atom is 0.310 e. The van der Waals surface area contributed by atoms with Gasteiger partial charge in [0.05, 0.1) is 12.5 Å². The van der Waals surface area contributed by atoms with Gasteiger partial charge in [0, 0.05) is 10.0 Å². The third-order valence-corrected chi connectivity index (χ3v) is 2.81. The van der Waals surface area contributed by atoms with Crippen LogP contribution in [0.4, 0.5) is 0 Å². The minimum absolute atomic E-state index is 0.524. The lowest BCUT2D eigenvalue weighted by atomic mass is 10.0. The van der Waals surface area contributed by atoms with Gasteiger partial charge in [-0.25, -0.2) is 0 Å². The second kappa shape index (κ2) is 5.16. The highest BCUT2D eigenvalue weighted by Crippen LogP contribution is 2.33. The molecule has 1 aromatic rings. The number of hydrogen-bond acceptors (Lipinski definition) is 2. The fourth-order valence-electron chi connectivity index (χ4n) is 1.34. The average molecular weight is 273 g/mol. The third kappa shape index (κ3) is 2.72. The van der Waals surface area contributed by atoms with E-state index in [9.17, 15) is 4.79 Å². The molecule has 4 heteroatoms. The minimum atomic E-state index is -0.858. The monoisotopic (exact) mass is 272 g/mol. The molecular formula is C11H13BrO3. The lowest BCUT2D eigenvalue weighted by molar-refractivity contribution is -0.138.